The molecule has 94 valence electrons. The lowest BCUT2D eigenvalue weighted by molar-refractivity contribution is -0.136. The summed E-state index contributed by atoms with van der Waals surface area (Å²) >= 11 is 0. The fourth-order valence-corrected chi connectivity index (χ4v) is 1.93. The van der Waals surface area contributed by atoms with Gasteiger partial charge in [-0.3, -0.25) is 9.78 Å². The average molecular weight is 254 g/mol. The van der Waals surface area contributed by atoms with Crippen molar-refractivity contribution in [2.45, 2.75) is 13.1 Å². The minimum Gasteiger partial charge on any atom is -0.366 e. The maximum atomic E-state index is 13.1. The molecule has 2 rings (SSSR count). The van der Waals surface area contributed by atoms with Crippen molar-refractivity contribution in [2.75, 3.05) is 0 Å². The van der Waals surface area contributed by atoms with Gasteiger partial charge in [0.2, 0.25) is 0 Å². The molecule has 18 heavy (non-hydrogen) atoms. The lowest BCUT2D eigenvalue weighted by atomic mass is 10.00. The van der Waals surface area contributed by atoms with E-state index in [0.717, 1.165) is 0 Å². The number of aryl methyl sites for hydroxylation is 1. The van der Waals surface area contributed by atoms with Crippen LogP contribution in [-0.2, 0) is 6.18 Å². The van der Waals surface area contributed by atoms with Crippen molar-refractivity contribution in [3.05, 3.63) is 41.1 Å². The first-order valence-electron chi connectivity index (χ1n) is 5.08. The molecule has 0 saturated carbocycles. The van der Waals surface area contributed by atoms with Gasteiger partial charge < -0.3 is 5.73 Å². The Kier molecular flexibility index (Phi) is 2.73. The van der Waals surface area contributed by atoms with Crippen LogP contribution in [0.4, 0.5) is 13.2 Å². The third-order valence-corrected chi connectivity index (χ3v) is 2.60. The van der Waals surface area contributed by atoms with E-state index in [4.69, 9.17) is 5.73 Å². The average Bonchev–Trinajstić information content (AvgIpc) is 2.25. The third-order valence-electron chi connectivity index (χ3n) is 2.60. The van der Waals surface area contributed by atoms with E-state index in [-0.39, 0.29) is 16.6 Å². The highest BCUT2D eigenvalue weighted by atomic mass is 19.4. The molecule has 0 saturated heterocycles. The summed E-state index contributed by atoms with van der Waals surface area (Å²) in [6, 6.07) is 5.78. The van der Waals surface area contributed by atoms with Crippen molar-refractivity contribution in [2.24, 2.45) is 5.73 Å². The van der Waals surface area contributed by atoms with E-state index < -0.39 is 23.2 Å². The van der Waals surface area contributed by atoms with Gasteiger partial charge in [-0.2, -0.15) is 13.2 Å². The van der Waals surface area contributed by atoms with Gasteiger partial charge in [0.05, 0.1) is 22.3 Å². The van der Waals surface area contributed by atoms with Gasteiger partial charge in [-0.1, -0.05) is 18.2 Å². The zero-order valence-corrected chi connectivity index (χ0v) is 9.38. The number of carbonyl (C=O) groups is 1. The van der Waals surface area contributed by atoms with Gasteiger partial charge in [-0.25, -0.2) is 0 Å². The molecule has 1 aromatic heterocycles. The maximum absolute atomic E-state index is 13.1. The number of carbonyl (C=O) groups excluding carboxylic acids is 1. The van der Waals surface area contributed by atoms with Gasteiger partial charge >= 0.3 is 6.18 Å². The molecular weight excluding hydrogens is 245 g/mol. The number of primary amides is 1. The maximum Gasteiger partial charge on any atom is 0.417 e. The van der Waals surface area contributed by atoms with Crippen molar-refractivity contribution >= 4 is 16.8 Å². The second kappa shape index (κ2) is 3.97. The Hall–Kier alpha value is -2.11. The van der Waals surface area contributed by atoms with Crippen molar-refractivity contribution in [3.8, 4) is 0 Å². The van der Waals surface area contributed by atoms with Crippen LogP contribution < -0.4 is 5.73 Å². The number of nitrogens with two attached hydrogens (primary N) is 1. The molecule has 0 atom stereocenters. The zero-order valence-electron chi connectivity index (χ0n) is 9.38. The highest BCUT2D eigenvalue weighted by Gasteiger charge is 2.38. The number of hydrogen-bond acceptors (Lipinski definition) is 2. The second-order valence-corrected chi connectivity index (χ2v) is 3.83. The van der Waals surface area contributed by atoms with E-state index in [1.807, 2.05) is 0 Å². The Morgan fingerprint density at radius 3 is 2.44 bits per heavy atom. The third kappa shape index (κ3) is 1.90. The summed E-state index contributed by atoms with van der Waals surface area (Å²) in [4.78, 5) is 15.2. The van der Waals surface area contributed by atoms with E-state index in [0.29, 0.717) is 0 Å². The van der Waals surface area contributed by atoms with Crippen LogP contribution in [0.1, 0.15) is 21.6 Å². The Balaban J connectivity index is 2.99. The van der Waals surface area contributed by atoms with Crippen molar-refractivity contribution in [1.29, 1.82) is 0 Å². The summed E-state index contributed by atoms with van der Waals surface area (Å²) in [6.45, 7) is 1.34. The topological polar surface area (TPSA) is 56.0 Å². The Morgan fingerprint density at radius 1 is 1.28 bits per heavy atom. The van der Waals surface area contributed by atoms with Crippen LogP contribution in [0.25, 0.3) is 10.9 Å². The number of pyridine rings is 1. The normalized spacial score (nSPS) is 11.8. The highest BCUT2D eigenvalue weighted by Crippen LogP contribution is 2.37. The van der Waals surface area contributed by atoms with Crippen LogP contribution in [0.2, 0.25) is 0 Å². The number of nitrogens with zero attached hydrogens (tertiary/aromatic N) is 1. The van der Waals surface area contributed by atoms with Crippen molar-refractivity contribution in [1.82, 2.24) is 4.98 Å². The van der Waals surface area contributed by atoms with Crippen LogP contribution in [0.5, 0.6) is 0 Å². The predicted molar refractivity (Wildman–Crippen MR) is 60.0 cm³/mol. The fraction of sp³-hybridized carbons (Fsp3) is 0.167. The molecule has 0 radical (unpaired) electrons. The van der Waals surface area contributed by atoms with Gasteiger partial charge in [0.1, 0.15) is 0 Å². The molecule has 0 fully saturated rings. The van der Waals surface area contributed by atoms with E-state index in [1.165, 1.54) is 25.1 Å². The summed E-state index contributed by atoms with van der Waals surface area (Å²) in [5.74, 6) is -1.13. The molecule has 0 aliphatic carbocycles. The first-order chi connectivity index (χ1) is 8.32. The standard InChI is InChI=1S/C12H9F3N2O/c1-6-9(11(16)18)10(12(13,14)15)7-4-2-3-5-8(7)17-6/h2-5H,1H3,(H2,16,18). The van der Waals surface area contributed by atoms with Crippen LogP contribution in [0, 0.1) is 6.92 Å². The zero-order chi connectivity index (χ0) is 13.5. The molecule has 1 heterocycles. The molecule has 2 aromatic rings. The van der Waals surface area contributed by atoms with Crippen LogP contribution in [0.15, 0.2) is 24.3 Å². The molecule has 0 aliphatic rings. The molecule has 1 amide bonds. The molecule has 0 aliphatic heterocycles. The molecule has 6 heteroatoms. The summed E-state index contributed by atoms with van der Waals surface area (Å²) in [6.07, 6.45) is -4.66. The van der Waals surface area contributed by atoms with E-state index >= 15 is 0 Å². The summed E-state index contributed by atoms with van der Waals surface area (Å²) in [5, 5.41) is -0.121. The molecule has 1 aromatic carbocycles. The minimum atomic E-state index is -4.66. The number of amides is 1. The first kappa shape index (κ1) is 12.3. The number of benzene rings is 1. The van der Waals surface area contributed by atoms with E-state index in [9.17, 15) is 18.0 Å². The lowest BCUT2D eigenvalue weighted by Crippen LogP contribution is -2.21. The Labute approximate surface area is 100 Å². The SMILES string of the molecule is Cc1nc2ccccc2c(C(F)(F)F)c1C(N)=O. The summed E-state index contributed by atoms with van der Waals surface area (Å²) in [5.41, 5.74) is 3.61. The quantitative estimate of drug-likeness (QED) is 0.850. The Bertz CT molecular complexity index is 635. The van der Waals surface area contributed by atoms with Gasteiger partial charge in [0.15, 0.2) is 0 Å². The minimum absolute atomic E-state index is 0.0199. The van der Waals surface area contributed by atoms with Gasteiger partial charge in [-0.15, -0.1) is 0 Å². The Morgan fingerprint density at radius 2 is 1.89 bits per heavy atom. The van der Waals surface area contributed by atoms with Crippen molar-refractivity contribution in [3.63, 3.8) is 0 Å². The van der Waals surface area contributed by atoms with Crippen LogP contribution in [-0.4, -0.2) is 10.9 Å². The van der Waals surface area contributed by atoms with Gasteiger partial charge in [0.25, 0.3) is 5.91 Å². The van der Waals surface area contributed by atoms with E-state index in [1.54, 1.807) is 6.07 Å². The predicted octanol–water partition coefficient (Wildman–Crippen LogP) is 2.66. The number of fused-ring (bicyclic) bond motifs is 1. The van der Waals surface area contributed by atoms with Crippen LogP contribution in [0.3, 0.4) is 0 Å². The highest BCUT2D eigenvalue weighted by molar-refractivity contribution is 6.00. The van der Waals surface area contributed by atoms with Gasteiger partial charge in [-0.05, 0) is 13.0 Å². The number of rotatable bonds is 1. The smallest absolute Gasteiger partial charge is 0.366 e. The fourth-order valence-electron chi connectivity index (χ4n) is 1.93. The number of para-hydroxylation sites is 1. The van der Waals surface area contributed by atoms with Crippen LogP contribution >= 0.6 is 0 Å². The molecule has 0 unspecified atom stereocenters. The molecular formula is C12H9F3N2O. The second-order valence-electron chi connectivity index (χ2n) is 3.83. The number of aromatic nitrogens is 1. The molecule has 0 spiro atoms. The summed E-state index contributed by atoms with van der Waals surface area (Å²) < 4.78 is 39.2. The summed E-state index contributed by atoms with van der Waals surface area (Å²) in [7, 11) is 0. The van der Waals surface area contributed by atoms with Gasteiger partial charge in [0, 0.05) is 5.39 Å². The number of hydrogen-bond donors (Lipinski definition) is 1. The largest absolute Gasteiger partial charge is 0.417 e. The molecule has 3 nitrogen and oxygen atoms in total. The lowest BCUT2D eigenvalue weighted by Gasteiger charge is -2.15. The van der Waals surface area contributed by atoms with E-state index in [2.05, 4.69) is 4.98 Å². The number of halogens is 3. The first-order valence-corrected chi connectivity index (χ1v) is 5.08. The molecule has 0 bridgehead atoms. The number of alkyl halides is 3. The molecule has 2 N–H and O–H groups in total. The monoisotopic (exact) mass is 254 g/mol. The van der Waals surface area contributed by atoms with Crippen molar-refractivity contribution < 1.29 is 18.0 Å².